The van der Waals surface area contributed by atoms with E-state index in [9.17, 15) is 24.5 Å². The monoisotopic (exact) mass is 524 g/mol. The summed E-state index contributed by atoms with van der Waals surface area (Å²) in [5.74, 6) is 0.491. The van der Waals surface area contributed by atoms with Crippen molar-refractivity contribution in [1.29, 1.82) is 0 Å². The smallest absolute Gasteiger partial charge is 0.340 e. The minimum atomic E-state index is -1.39. The molecule has 0 saturated carbocycles. The van der Waals surface area contributed by atoms with Gasteiger partial charge in [-0.25, -0.2) is 9.18 Å². The zero-order valence-electron chi connectivity index (χ0n) is 20.3. The maximum absolute atomic E-state index is 14.7. The fourth-order valence-corrected chi connectivity index (χ4v) is 5.40. The average molecular weight is 524 g/mol. The van der Waals surface area contributed by atoms with Gasteiger partial charge in [-0.3, -0.25) is 0 Å². The Bertz CT molecular complexity index is 1410. The zero-order chi connectivity index (χ0) is 26.6. The van der Waals surface area contributed by atoms with E-state index in [2.05, 4.69) is 0 Å². The Hall–Kier alpha value is -3.70. The molecule has 3 aliphatic heterocycles. The second kappa shape index (κ2) is 9.25. The molecule has 1 spiro atoms. The number of carbonyl (C=O) groups excluding carboxylic acids is 1. The normalized spacial score (nSPS) is 27.1. The second-order valence-corrected chi connectivity index (χ2v) is 9.33. The molecule has 3 aliphatic rings. The third-order valence-electron chi connectivity index (χ3n) is 7.26. The van der Waals surface area contributed by atoms with E-state index >= 15 is 0 Å². The number of esters is 1. The van der Waals surface area contributed by atoms with E-state index in [0.29, 0.717) is 33.8 Å². The van der Waals surface area contributed by atoms with Gasteiger partial charge in [-0.15, -0.1) is 0 Å². The number of rotatable bonds is 5. The molecule has 1 saturated heterocycles. The molecule has 1 fully saturated rings. The van der Waals surface area contributed by atoms with Crippen LogP contribution < -0.4 is 14.2 Å². The number of benzene rings is 3. The minimum absolute atomic E-state index is 0.0422. The van der Waals surface area contributed by atoms with Crippen molar-refractivity contribution >= 4 is 5.97 Å². The predicted octanol–water partition coefficient (Wildman–Crippen LogP) is 2.94. The third kappa shape index (κ3) is 3.56. The molecular formula is C28H25FO9. The van der Waals surface area contributed by atoms with Crippen molar-refractivity contribution < 1.29 is 48.2 Å². The van der Waals surface area contributed by atoms with Crippen LogP contribution in [0.4, 0.5) is 4.39 Å². The Labute approximate surface area is 216 Å². The van der Waals surface area contributed by atoms with Crippen molar-refractivity contribution in [3.63, 3.8) is 0 Å². The summed E-state index contributed by atoms with van der Waals surface area (Å²) in [6.45, 7) is -1.53. The molecule has 9 nitrogen and oxygen atoms in total. The van der Waals surface area contributed by atoms with E-state index in [4.69, 9.17) is 23.7 Å². The van der Waals surface area contributed by atoms with Gasteiger partial charge < -0.3 is 39.0 Å². The van der Waals surface area contributed by atoms with E-state index in [1.165, 1.54) is 13.2 Å². The summed E-state index contributed by atoms with van der Waals surface area (Å²) >= 11 is 0. The minimum Gasteiger partial charge on any atom is -0.497 e. The summed E-state index contributed by atoms with van der Waals surface area (Å²) in [7, 11) is 1.51. The molecule has 6 rings (SSSR count). The summed E-state index contributed by atoms with van der Waals surface area (Å²) in [5, 5.41) is 29.7. The molecule has 0 amide bonds. The van der Waals surface area contributed by atoms with Gasteiger partial charge >= 0.3 is 5.97 Å². The molecule has 198 valence electrons. The van der Waals surface area contributed by atoms with Crippen LogP contribution in [0.5, 0.6) is 23.0 Å². The van der Waals surface area contributed by atoms with Crippen molar-refractivity contribution in [1.82, 2.24) is 0 Å². The van der Waals surface area contributed by atoms with Gasteiger partial charge in [0.25, 0.3) is 0 Å². The van der Waals surface area contributed by atoms with Crippen molar-refractivity contribution in [3.05, 3.63) is 82.4 Å². The molecule has 0 aliphatic carbocycles. The van der Waals surface area contributed by atoms with Gasteiger partial charge in [0.15, 0.2) is 5.60 Å². The number of alkyl halides is 1. The summed E-state index contributed by atoms with van der Waals surface area (Å²) in [6, 6.07) is 15.3. The van der Waals surface area contributed by atoms with Gasteiger partial charge in [0.1, 0.15) is 41.9 Å². The highest BCUT2D eigenvalue weighted by Gasteiger charge is 2.54. The highest BCUT2D eigenvalue weighted by Crippen LogP contribution is 2.58. The lowest BCUT2D eigenvalue weighted by molar-refractivity contribution is -0.230. The first-order valence-electron chi connectivity index (χ1n) is 12.1. The largest absolute Gasteiger partial charge is 0.497 e. The Morgan fingerprint density at radius 2 is 1.87 bits per heavy atom. The lowest BCUT2D eigenvalue weighted by atomic mass is 9.77. The topological polar surface area (TPSA) is 124 Å². The fraction of sp³-hybridized carbons (Fsp3) is 0.321. The van der Waals surface area contributed by atoms with Gasteiger partial charge in [0.05, 0.1) is 30.9 Å². The van der Waals surface area contributed by atoms with E-state index in [1.54, 1.807) is 48.5 Å². The first kappa shape index (κ1) is 24.6. The van der Waals surface area contributed by atoms with E-state index in [-0.39, 0.29) is 23.5 Å². The molecule has 10 heteroatoms. The van der Waals surface area contributed by atoms with Crippen LogP contribution in [0, 0.1) is 0 Å². The van der Waals surface area contributed by atoms with Crippen LogP contribution in [0.25, 0.3) is 0 Å². The molecular weight excluding hydrogens is 499 g/mol. The quantitative estimate of drug-likeness (QED) is 0.432. The maximum Gasteiger partial charge on any atom is 0.340 e. The Kier molecular flexibility index (Phi) is 5.99. The summed E-state index contributed by atoms with van der Waals surface area (Å²) in [4.78, 5) is 13.0. The van der Waals surface area contributed by atoms with Crippen molar-refractivity contribution in [2.75, 3.05) is 13.7 Å². The van der Waals surface area contributed by atoms with Crippen LogP contribution >= 0.6 is 0 Å². The number of fused-ring (bicyclic) bond motifs is 6. The third-order valence-corrected chi connectivity index (χ3v) is 7.26. The molecule has 0 bridgehead atoms. The van der Waals surface area contributed by atoms with E-state index in [1.807, 2.05) is 0 Å². The number of halogens is 1. The average Bonchev–Trinajstić information content (AvgIpc) is 3.23. The first-order valence-corrected chi connectivity index (χ1v) is 12.1. The van der Waals surface area contributed by atoms with Gasteiger partial charge in [-0.2, -0.15) is 0 Å². The van der Waals surface area contributed by atoms with Gasteiger partial charge in [0.2, 0.25) is 6.29 Å². The van der Waals surface area contributed by atoms with Gasteiger partial charge in [-0.05, 0) is 30.3 Å². The first-order chi connectivity index (χ1) is 18.4. The maximum atomic E-state index is 14.7. The van der Waals surface area contributed by atoms with E-state index < -0.39 is 49.5 Å². The highest BCUT2D eigenvalue weighted by molar-refractivity contribution is 5.97. The lowest BCUT2D eigenvalue weighted by Crippen LogP contribution is -2.51. The Morgan fingerprint density at radius 1 is 1.08 bits per heavy atom. The number of hydrogen-bond donors (Lipinski definition) is 3. The molecule has 3 aromatic rings. The summed E-state index contributed by atoms with van der Waals surface area (Å²) < 4.78 is 43.9. The van der Waals surface area contributed by atoms with Gasteiger partial charge in [-0.1, -0.05) is 18.2 Å². The number of aliphatic hydroxyl groups is 3. The van der Waals surface area contributed by atoms with Crippen molar-refractivity contribution in [2.45, 2.75) is 43.3 Å². The number of aliphatic hydroxyl groups excluding tert-OH is 3. The second-order valence-electron chi connectivity index (χ2n) is 9.33. The molecule has 0 aromatic heterocycles. The Balaban J connectivity index is 1.50. The molecule has 3 N–H and O–H groups in total. The number of carbonyl (C=O) groups is 1. The zero-order valence-corrected chi connectivity index (χ0v) is 20.3. The van der Waals surface area contributed by atoms with Crippen molar-refractivity contribution in [2.24, 2.45) is 0 Å². The highest BCUT2D eigenvalue weighted by atomic mass is 19.1. The number of ether oxygens (including phenoxy) is 5. The SMILES string of the molecule is COc1ccc2c(c1)Oc1c(ccc(OC3CC(O)C(O)C(CO)O3)c1CF)C21OC(=O)c2ccccc21. The fourth-order valence-electron chi connectivity index (χ4n) is 5.40. The van der Waals surface area contributed by atoms with Crippen molar-refractivity contribution in [3.8, 4) is 23.0 Å². The standard InChI is InChI=1S/C28H25FO9/c1-34-14-6-7-18-22(10-14)37-26-16(12-29)21(35-24-11-20(31)25(32)23(13-30)36-24)9-8-19(26)28(18)17-5-3-2-4-15(17)27(33)38-28/h2-10,20,23-25,30-32H,11-13H2,1H3. The Morgan fingerprint density at radius 3 is 2.63 bits per heavy atom. The van der Waals surface area contributed by atoms with Crippen LogP contribution in [0.2, 0.25) is 0 Å². The molecule has 38 heavy (non-hydrogen) atoms. The van der Waals surface area contributed by atoms with Crippen LogP contribution in [0.3, 0.4) is 0 Å². The summed E-state index contributed by atoms with van der Waals surface area (Å²) in [6.07, 6.45) is -4.72. The van der Waals surface area contributed by atoms with Crippen LogP contribution in [0.1, 0.15) is 39.0 Å². The number of methoxy groups -OCH3 is 1. The predicted molar refractivity (Wildman–Crippen MR) is 129 cm³/mol. The summed E-state index contributed by atoms with van der Waals surface area (Å²) in [5.41, 5.74) is 0.610. The van der Waals surface area contributed by atoms with Crippen LogP contribution in [0.15, 0.2) is 54.6 Å². The molecule has 5 unspecified atom stereocenters. The van der Waals surface area contributed by atoms with Crippen LogP contribution in [-0.2, 0) is 21.7 Å². The molecule has 3 aromatic carbocycles. The lowest BCUT2D eigenvalue weighted by Gasteiger charge is -2.38. The molecule has 5 atom stereocenters. The number of hydrogen-bond acceptors (Lipinski definition) is 9. The van der Waals surface area contributed by atoms with Gasteiger partial charge in [0, 0.05) is 29.2 Å². The molecule has 3 heterocycles. The molecule has 0 radical (unpaired) electrons. The van der Waals surface area contributed by atoms with Crippen LogP contribution in [-0.4, -0.2) is 59.6 Å². The van der Waals surface area contributed by atoms with E-state index in [0.717, 1.165) is 0 Å².